The van der Waals surface area contributed by atoms with Gasteiger partial charge >= 0.3 is 5.97 Å². The molecular weight excluding hydrogens is 266 g/mol. The summed E-state index contributed by atoms with van der Waals surface area (Å²) in [5, 5.41) is 12.5. The van der Waals surface area contributed by atoms with Crippen LogP contribution in [0.2, 0.25) is 0 Å². The van der Waals surface area contributed by atoms with E-state index in [1.165, 1.54) is 0 Å². The van der Waals surface area contributed by atoms with Gasteiger partial charge < -0.3 is 10.4 Å². The summed E-state index contributed by atoms with van der Waals surface area (Å²) in [6.45, 7) is 2.14. The first-order chi connectivity index (χ1) is 10.0. The SMILES string of the molecule is C[C@]1(C(=O)O)[C@H]2C=C[C@@H](C2)[C@@H]1C(=O)NCc1ccccc1. The van der Waals surface area contributed by atoms with Crippen LogP contribution in [0.3, 0.4) is 0 Å². The average Bonchev–Trinajstić information content (AvgIpc) is 3.05. The lowest BCUT2D eigenvalue weighted by Crippen LogP contribution is -2.47. The molecule has 0 aliphatic heterocycles. The Morgan fingerprint density at radius 2 is 2.00 bits per heavy atom. The summed E-state index contributed by atoms with van der Waals surface area (Å²) < 4.78 is 0. The van der Waals surface area contributed by atoms with E-state index in [9.17, 15) is 14.7 Å². The number of hydrogen-bond donors (Lipinski definition) is 2. The zero-order chi connectivity index (χ0) is 15.0. The number of amides is 1. The van der Waals surface area contributed by atoms with Crippen molar-refractivity contribution < 1.29 is 14.7 Å². The first kappa shape index (κ1) is 13.9. The lowest BCUT2D eigenvalue weighted by molar-refractivity contribution is -0.156. The minimum atomic E-state index is -0.986. The van der Waals surface area contributed by atoms with Gasteiger partial charge in [-0.05, 0) is 30.7 Å². The molecule has 2 aliphatic carbocycles. The predicted molar refractivity (Wildman–Crippen MR) is 78.3 cm³/mol. The Labute approximate surface area is 123 Å². The Hall–Kier alpha value is -2.10. The van der Waals surface area contributed by atoms with Crippen LogP contribution in [-0.4, -0.2) is 17.0 Å². The second kappa shape index (κ2) is 5.02. The van der Waals surface area contributed by atoms with Crippen LogP contribution in [0.25, 0.3) is 0 Å². The van der Waals surface area contributed by atoms with Crippen molar-refractivity contribution in [1.29, 1.82) is 0 Å². The monoisotopic (exact) mass is 285 g/mol. The van der Waals surface area contributed by atoms with Crippen LogP contribution in [0.4, 0.5) is 0 Å². The molecule has 4 heteroatoms. The zero-order valence-corrected chi connectivity index (χ0v) is 12.0. The van der Waals surface area contributed by atoms with Crippen LogP contribution in [0.5, 0.6) is 0 Å². The molecule has 1 amide bonds. The molecule has 0 aromatic heterocycles. The average molecular weight is 285 g/mol. The van der Waals surface area contributed by atoms with E-state index in [4.69, 9.17) is 0 Å². The van der Waals surface area contributed by atoms with Crippen molar-refractivity contribution in [1.82, 2.24) is 5.32 Å². The van der Waals surface area contributed by atoms with Crippen LogP contribution in [0, 0.1) is 23.2 Å². The number of carboxylic acids is 1. The molecule has 1 aromatic carbocycles. The van der Waals surface area contributed by atoms with Gasteiger partial charge in [0, 0.05) is 6.54 Å². The highest BCUT2D eigenvalue weighted by molar-refractivity contribution is 5.89. The highest BCUT2D eigenvalue weighted by Crippen LogP contribution is 2.56. The number of carbonyl (C=O) groups excluding carboxylic acids is 1. The molecule has 2 aliphatic rings. The summed E-state index contributed by atoms with van der Waals surface area (Å²) in [7, 11) is 0. The minimum Gasteiger partial charge on any atom is -0.481 e. The van der Waals surface area contributed by atoms with Gasteiger partial charge in [0.1, 0.15) is 0 Å². The van der Waals surface area contributed by atoms with Gasteiger partial charge in [0.2, 0.25) is 5.91 Å². The van der Waals surface area contributed by atoms with Crippen LogP contribution in [-0.2, 0) is 16.1 Å². The molecule has 0 unspecified atom stereocenters. The Kier molecular flexibility index (Phi) is 3.32. The van der Waals surface area contributed by atoms with Crippen molar-refractivity contribution >= 4 is 11.9 Å². The molecular formula is C17H19NO3. The lowest BCUT2D eigenvalue weighted by atomic mass is 9.69. The summed E-state index contributed by atoms with van der Waals surface area (Å²) in [6, 6.07) is 9.65. The van der Waals surface area contributed by atoms with Crippen molar-refractivity contribution in [2.45, 2.75) is 19.9 Å². The van der Waals surface area contributed by atoms with Crippen molar-refractivity contribution in [2.24, 2.45) is 23.2 Å². The Morgan fingerprint density at radius 1 is 1.29 bits per heavy atom. The smallest absolute Gasteiger partial charge is 0.310 e. The number of aliphatic carboxylic acids is 1. The fourth-order valence-electron chi connectivity index (χ4n) is 3.75. The molecule has 4 nitrogen and oxygen atoms in total. The predicted octanol–water partition coefficient (Wildman–Crippen LogP) is 2.22. The number of allylic oxidation sites excluding steroid dienone is 2. The Morgan fingerprint density at radius 3 is 2.67 bits per heavy atom. The number of carbonyl (C=O) groups is 2. The molecule has 0 heterocycles. The number of benzene rings is 1. The Bertz CT molecular complexity index is 595. The number of carboxylic acid groups (broad SMARTS) is 1. The molecule has 0 radical (unpaired) electrons. The van der Waals surface area contributed by atoms with E-state index in [0.717, 1.165) is 12.0 Å². The summed E-state index contributed by atoms with van der Waals surface area (Å²) >= 11 is 0. The molecule has 1 saturated carbocycles. The van der Waals surface area contributed by atoms with Crippen molar-refractivity contribution in [3.63, 3.8) is 0 Å². The minimum absolute atomic E-state index is 0.0347. The van der Waals surface area contributed by atoms with E-state index < -0.39 is 17.3 Å². The molecule has 110 valence electrons. The van der Waals surface area contributed by atoms with E-state index in [1.54, 1.807) is 6.92 Å². The second-order valence-corrected chi connectivity index (χ2v) is 6.16. The number of nitrogens with one attached hydrogen (secondary N) is 1. The van der Waals surface area contributed by atoms with Gasteiger partial charge in [-0.1, -0.05) is 42.5 Å². The van der Waals surface area contributed by atoms with E-state index in [-0.39, 0.29) is 17.7 Å². The molecule has 4 atom stereocenters. The molecule has 2 N–H and O–H groups in total. The third-order valence-electron chi connectivity index (χ3n) is 5.01. The molecule has 1 fully saturated rings. The van der Waals surface area contributed by atoms with Crippen molar-refractivity contribution in [3.05, 3.63) is 48.0 Å². The third kappa shape index (κ3) is 2.15. The van der Waals surface area contributed by atoms with Gasteiger partial charge in [-0.25, -0.2) is 0 Å². The van der Waals surface area contributed by atoms with Crippen LogP contribution >= 0.6 is 0 Å². The van der Waals surface area contributed by atoms with Crippen LogP contribution < -0.4 is 5.32 Å². The van der Waals surface area contributed by atoms with Crippen LogP contribution in [0.15, 0.2) is 42.5 Å². The number of rotatable bonds is 4. The maximum atomic E-state index is 12.5. The molecule has 2 bridgehead atoms. The molecule has 0 spiro atoms. The maximum absolute atomic E-state index is 12.5. The van der Waals surface area contributed by atoms with Gasteiger partial charge in [-0.3, -0.25) is 9.59 Å². The summed E-state index contributed by atoms with van der Waals surface area (Å²) in [4.78, 5) is 24.2. The topological polar surface area (TPSA) is 66.4 Å². The van der Waals surface area contributed by atoms with Crippen molar-refractivity contribution in [2.75, 3.05) is 0 Å². The normalized spacial score (nSPS) is 33.1. The van der Waals surface area contributed by atoms with E-state index in [2.05, 4.69) is 5.32 Å². The maximum Gasteiger partial charge on any atom is 0.310 e. The van der Waals surface area contributed by atoms with Crippen LogP contribution in [0.1, 0.15) is 18.9 Å². The molecule has 0 saturated heterocycles. The molecule has 3 rings (SSSR count). The van der Waals surface area contributed by atoms with Gasteiger partial charge in [0.05, 0.1) is 11.3 Å². The number of fused-ring (bicyclic) bond motifs is 2. The fraction of sp³-hybridized carbons (Fsp3) is 0.412. The quantitative estimate of drug-likeness (QED) is 0.834. The highest BCUT2D eigenvalue weighted by atomic mass is 16.4. The third-order valence-corrected chi connectivity index (χ3v) is 5.01. The molecule has 21 heavy (non-hydrogen) atoms. The zero-order valence-electron chi connectivity index (χ0n) is 12.0. The summed E-state index contributed by atoms with van der Waals surface area (Å²) in [6.07, 6.45) is 4.73. The van der Waals surface area contributed by atoms with Gasteiger partial charge in [-0.15, -0.1) is 0 Å². The van der Waals surface area contributed by atoms with E-state index in [0.29, 0.717) is 6.54 Å². The molecule has 1 aromatic rings. The van der Waals surface area contributed by atoms with Gasteiger partial charge in [0.25, 0.3) is 0 Å². The fourth-order valence-corrected chi connectivity index (χ4v) is 3.75. The Balaban J connectivity index is 1.75. The lowest BCUT2D eigenvalue weighted by Gasteiger charge is -2.33. The first-order valence-corrected chi connectivity index (χ1v) is 7.27. The summed E-state index contributed by atoms with van der Waals surface area (Å²) in [5.41, 5.74) is 0.0294. The standard InChI is InChI=1S/C17H19NO3/c1-17(16(20)21)13-8-7-12(9-13)14(17)15(19)18-10-11-5-3-2-4-6-11/h2-8,12-14H,9-10H2,1H3,(H,18,19)(H,20,21)/t12-,13-,14+,17-/m0/s1. The van der Waals surface area contributed by atoms with Gasteiger partial charge in [0.15, 0.2) is 0 Å². The number of hydrogen-bond acceptors (Lipinski definition) is 2. The van der Waals surface area contributed by atoms with E-state index in [1.807, 2.05) is 42.5 Å². The van der Waals surface area contributed by atoms with Gasteiger partial charge in [-0.2, -0.15) is 0 Å². The highest BCUT2D eigenvalue weighted by Gasteiger charge is 2.60. The van der Waals surface area contributed by atoms with E-state index >= 15 is 0 Å². The van der Waals surface area contributed by atoms with Crippen molar-refractivity contribution in [3.8, 4) is 0 Å². The largest absolute Gasteiger partial charge is 0.481 e. The summed E-state index contributed by atoms with van der Waals surface area (Å²) in [5.74, 6) is -1.49. The second-order valence-electron chi connectivity index (χ2n) is 6.16. The first-order valence-electron chi connectivity index (χ1n) is 7.27.